The van der Waals surface area contributed by atoms with Gasteiger partial charge in [-0.1, -0.05) is 31.4 Å². The van der Waals surface area contributed by atoms with Crippen LogP contribution in [0.4, 0.5) is 0 Å². The number of aryl methyl sites for hydroxylation is 1. The van der Waals surface area contributed by atoms with E-state index in [0.717, 1.165) is 44.1 Å². The summed E-state index contributed by atoms with van der Waals surface area (Å²) in [5, 5.41) is 18.5. The first-order valence-electron chi connectivity index (χ1n) is 9.79. The maximum atomic E-state index is 12.3. The van der Waals surface area contributed by atoms with Gasteiger partial charge < -0.3 is 10.2 Å². The van der Waals surface area contributed by atoms with Crippen molar-refractivity contribution in [3.63, 3.8) is 0 Å². The third-order valence-corrected chi connectivity index (χ3v) is 5.04. The third-order valence-electron chi connectivity index (χ3n) is 5.04. The van der Waals surface area contributed by atoms with Crippen LogP contribution in [0.1, 0.15) is 69.8 Å². The minimum Gasteiger partial charge on any atom is -0.390 e. The molecular weight excluding hydrogens is 356 g/mol. The monoisotopic (exact) mass is 382 g/mol. The Morgan fingerprint density at radius 3 is 1.89 bits per heavy atom. The van der Waals surface area contributed by atoms with Gasteiger partial charge in [0.1, 0.15) is 0 Å². The van der Waals surface area contributed by atoms with Gasteiger partial charge in [0.15, 0.2) is 0 Å². The summed E-state index contributed by atoms with van der Waals surface area (Å²) in [7, 11) is 0. The van der Waals surface area contributed by atoms with Gasteiger partial charge in [-0.15, -0.1) is 0 Å². The number of aromatic nitrogens is 1. The molecule has 3 rings (SSSR count). The van der Waals surface area contributed by atoms with E-state index in [4.69, 9.17) is 0 Å². The lowest BCUT2D eigenvalue weighted by atomic mass is 10.0. The average Bonchev–Trinajstić information content (AvgIpc) is 2.97. The van der Waals surface area contributed by atoms with Crippen molar-refractivity contribution in [2.45, 2.75) is 51.7 Å². The number of hydrogen-bond acceptors (Lipinski definition) is 5. The zero-order valence-corrected chi connectivity index (χ0v) is 15.9. The fourth-order valence-corrected chi connectivity index (χ4v) is 3.60. The Morgan fingerprint density at radius 2 is 1.32 bits per heavy atom. The first-order chi connectivity index (χ1) is 13.6. The lowest BCUT2D eigenvalue weighted by Gasteiger charge is -2.13. The summed E-state index contributed by atoms with van der Waals surface area (Å²) < 4.78 is 0. The highest BCUT2D eigenvalue weighted by atomic mass is 16.3. The highest BCUT2D eigenvalue weighted by molar-refractivity contribution is 6.21. The van der Waals surface area contributed by atoms with E-state index in [0.29, 0.717) is 29.1 Å². The molecule has 0 fully saturated rings. The predicted octanol–water partition coefficient (Wildman–Crippen LogP) is 2.86. The molecule has 0 unspecified atom stereocenters. The molecule has 1 aromatic heterocycles. The van der Waals surface area contributed by atoms with Crippen molar-refractivity contribution in [2.24, 2.45) is 0 Å². The van der Waals surface area contributed by atoms with Gasteiger partial charge >= 0.3 is 0 Å². The van der Waals surface area contributed by atoms with Crippen molar-refractivity contribution in [1.82, 2.24) is 9.88 Å². The number of aliphatic hydroxyl groups excluding tert-OH is 2. The van der Waals surface area contributed by atoms with Crippen molar-refractivity contribution >= 4 is 11.8 Å². The van der Waals surface area contributed by atoms with Crippen LogP contribution in [0.2, 0.25) is 0 Å². The fourth-order valence-electron chi connectivity index (χ4n) is 3.60. The van der Waals surface area contributed by atoms with Crippen LogP contribution < -0.4 is 0 Å². The maximum Gasteiger partial charge on any atom is 0.261 e. The molecule has 0 atom stereocenters. The Labute approximate surface area is 164 Å². The molecule has 2 heterocycles. The van der Waals surface area contributed by atoms with Crippen LogP contribution in [-0.2, 0) is 19.6 Å². The topological polar surface area (TPSA) is 90.7 Å². The predicted molar refractivity (Wildman–Crippen MR) is 105 cm³/mol. The van der Waals surface area contributed by atoms with E-state index in [2.05, 4.69) is 4.98 Å². The number of fused-ring (bicyclic) bond motifs is 1. The number of nitrogens with zero attached hydrogens (tertiary/aromatic N) is 2. The van der Waals surface area contributed by atoms with Crippen molar-refractivity contribution in [3.8, 4) is 0 Å². The van der Waals surface area contributed by atoms with Crippen LogP contribution in [0, 0.1) is 0 Å². The molecule has 0 radical (unpaired) electrons. The highest BCUT2D eigenvalue weighted by Crippen LogP contribution is 2.23. The first kappa shape index (κ1) is 20.2. The van der Waals surface area contributed by atoms with Gasteiger partial charge in [-0.2, -0.15) is 0 Å². The van der Waals surface area contributed by atoms with Crippen molar-refractivity contribution in [3.05, 3.63) is 64.5 Å². The van der Waals surface area contributed by atoms with Crippen LogP contribution in [0.5, 0.6) is 0 Å². The van der Waals surface area contributed by atoms with Crippen LogP contribution in [-0.4, -0.2) is 38.5 Å². The molecule has 0 bridgehead atoms. The Morgan fingerprint density at radius 1 is 0.786 bits per heavy atom. The number of aliphatic hydroxyl groups is 2. The summed E-state index contributed by atoms with van der Waals surface area (Å²) in [6, 6.07) is 10.7. The lowest BCUT2D eigenvalue weighted by Crippen LogP contribution is -2.30. The largest absolute Gasteiger partial charge is 0.390 e. The number of pyridine rings is 1. The van der Waals surface area contributed by atoms with E-state index >= 15 is 0 Å². The van der Waals surface area contributed by atoms with Gasteiger partial charge in [-0.05, 0) is 49.1 Å². The van der Waals surface area contributed by atoms with E-state index in [1.807, 2.05) is 12.1 Å². The molecule has 2 aromatic rings. The molecule has 28 heavy (non-hydrogen) atoms. The normalized spacial score (nSPS) is 13.3. The maximum absolute atomic E-state index is 12.3. The number of carbonyl (C=O) groups excluding carboxylic acids is 2. The summed E-state index contributed by atoms with van der Waals surface area (Å²) in [5.74, 6) is -0.365. The second kappa shape index (κ2) is 9.57. The Hall–Kier alpha value is -2.57. The van der Waals surface area contributed by atoms with Gasteiger partial charge in [0.25, 0.3) is 11.8 Å². The number of rotatable bonds is 10. The van der Waals surface area contributed by atoms with Gasteiger partial charge in [0.05, 0.1) is 35.7 Å². The van der Waals surface area contributed by atoms with Gasteiger partial charge in [0, 0.05) is 6.54 Å². The van der Waals surface area contributed by atoms with E-state index in [1.165, 1.54) is 4.90 Å². The van der Waals surface area contributed by atoms with E-state index in [1.54, 1.807) is 24.3 Å². The Balaban J connectivity index is 1.36. The van der Waals surface area contributed by atoms with Crippen molar-refractivity contribution in [2.75, 3.05) is 6.54 Å². The molecule has 2 N–H and O–H groups in total. The quantitative estimate of drug-likeness (QED) is 0.487. The van der Waals surface area contributed by atoms with Crippen molar-refractivity contribution < 1.29 is 19.8 Å². The van der Waals surface area contributed by atoms with E-state index in [-0.39, 0.29) is 25.0 Å². The number of unbranched alkanes of at least 4 members (excludes halogenated alkanes) is 4. The van der Waals surface area contributed by atoms with Crippen molar-refractivity contribution in [1.29, 1.82) is 0 Å². The molecule has 1 aromatic carbocycles. The molecule has 0 aliphatic carbocycles. The smallest absolute Gasteiger partial charge is 0.261 e. The lowest BCUT2D eigenvalue weighted by molar-refractivity contribution is 0.0651. The number of amides is 2. The zero-order valence-electron chi connectivity index (χ0n) is 15.9. The minimum atomic E-state index is -0.183. The highest BCUT2D eigenvalue weighted by Gasteiger charge is 2.34. The molecule has 6 nitrogen and oxygen atoms in total. The van der Waals surface area contributed by atoms with Crippen LogP contribution in [0.15, 0.2) is 36.4 Å². The number of imide groups is 1. The van der Waals surface area contributed by atoms with Crippen LogP contribution >= 0.6 is 0 Å². The van der Waals surface area contributed by atoms with E-state index in [9.17, 15) is 19.8 Å². The SMILES string of the molecule is O=C1c2ccccc2C(=O)N1CCCCCCCc1cc(CO)nc(CO)c1. The van der Waals surface area contributed by atoms with Gasteiger partial charge in [0.2, 0.25) is 0 Å². The second-order valence-corrected chi connectivity index (χ2v) is 7.10. The number of benzene rings is 1. The molecule has 0 saturated heterocycles. The summed E-state index contributed by atoms with van der Waals surface area (Å²) in [5.41, 5.74) is 3.27. The molecular formula is C22H26N2O4. The average molecular weight is 382 g/mol. The standard InChI is InChI=1S/C22H26N2O4/c25-14-17-12-16(13-18(15-26)23-17)8-4-2-1-3-7-11-24-21(27)19-9-5-6-10-20(19)22(24)28/h5-6,9-10,12-13,25-26H,1-4,7-8,11,14-15H2. The molecule has 6 heteroatoms. The Bertz CT molecular complexity index is 793. The molecule has 1 aliphatic heterocycles. The molecule has 0 spiro atoms. The summed E-state index contributed by atoms with van der Waals surface area (Å²) in [6.07, 6.45) is 5.74. The van der Waals surface area contributed by atoms with Crippen LogP contribution in [0.25, 0.3) is 0 Å². The number of hydrogen-bond donors (Lipinski definition) is 2. The summed E-state index contributed by atoms with van der Waals surface area (Å²) in [6.45, 7) is 0.216. The first-order valence-corrected chi connectivity index (χ1v) is 9.79. The minimum absolute atomic E-state index is 0.126. The number of carbonyl (C=O) groups is 2. The van der Waals surface area contributed by atoms with Gasteiger partial charge in [-0.25, -0.2) is 0 Å². The molecule has 0 saturated carbocycles. The summed E-state index contributed by atoms with van der Waals surface area (Å²) >= 11 is 0. The molecule has 1 aliphatic rings. The third kappa shape index (κ3) is 4.64. The summed E-state index contributed by atoms with van der Waals surface area (Å²) in [4.78, 5) is 30.1. The Kier molecular flexibility index (Phi) is 6.90. The van der Waals surface area contributed by atoms with Gasteiger partial charge in [-0.3, -0.25) is 19.5 Å². The van der Waals surface area contributed by atoms with Crippen LogP contribution in [0.3, 0.4) is 0 Å². The molecule has 148 valence electrons. The fraction of sp³-hybridized carbons (Fsp3) is 0.409. The second-order valence-electron chi connectivity index (χ2n) is 7.10. The molecule has 2 amide bonds. The zero-order chi connectivity index (χ0) is 19.9. The van der Waals surface area contributed by atoms with E-state index < -0.39 is 0 Å².